The van der Waals surface area contributed by atoms with Crippen LogP contribution >= 0.6 is 23.1 Å². The van der Waals surface area contributed by atoms with Gasteiger partial charge in [0.15, 0.2) is 0 Å². The number of fused-ring (bicyclic) bond motifs is 2. The van der Waals surface area contributed by atoms with E-state index >= 15 is 0 Å². The highest BCUT2D eigenvalue weighted by Crippen LogP contribution is 2.48. The fraction of sp³-hybridized carbons (Fsp3) is 0.471. The molecular formula is C17H20IN3O5S2. The van der Waals surface area contributed by atoms with Crippen molar-refractivity contribution in [2.75, 3.05) is 12.4 Å². The first-order valence-electron chi connectivity index (χ1n) is 8.56. The van der Waals surface area contributed by atoms with Gasteiger partial charge in [-0.3, -0.25) is 4.79 Å². The van der Waals surface area contributed by atoms with Crippen molar-refractivity contribution in [3.63, 3.8) is 0 Å². The summed E-state index contributed by atoms with van der Waals surface area (Å²) in [6.07, 6.45) is 3.42. The number of carbonyl (C=O) groups is 2. The van der Waals surface area contributed by atoms with Crippen molar-refractivity contribution >= 4 is 45.4 Å². The minimum Gasteiger partial charge on any atom is -1.00 e. The van der Waals surface area contributed by atoms with Crippen LogP contribution in [0.4, 0.5) is 0 Å². The fourth-order valence-corrected chi connectivity index (χ4v) is 6.11. The maximum Gasteiger partial charge on any atom is 0.352 e. The summed E-state index contributed by atoms with van der Waals surface area (Å²) in [5, 5.41) is 29.7. The standard InChI is InChI=1S/C17H19N3O5S2.HI/c1-8(22)12-10-5-9(13(17(24)25)20(10)14(12)23)11-6-19-7-18(2)15(16(19)27-11)26-4-3-21;/h6-8,10,12,21-22H,3-5H2,1-2H3;1H/t8-,10-,12-;/m1./s1. The van der Waals surface area contributed by atoms with Crippen LogP contribution < -0.4 is 28.5 Å². The molecule has 8 nitrogen and oxygen atoms in total. The van der Waals surface area contributed by atoms with Gasteiger partial charge in [0.05, 0.1) is 36.6 Å². The van der Waals surface area contributed by atoms with Crippen LogP contribution in [0.5, 0.6) is 0 Å². The molecule has 1 fully saturated rings. The molecule has 4 rings (SSSR count). The highest BCUT2D eigenvalue weighted by atomic mass is 127. The number of halogens is 1. The first-order valence-corrected chi connectivity index (χ1v) is 10.4. The minimum atomic E-state index is -1.12. The van der Waals surface area contributed by atoms with Crippen LogP contribution in [-0.4, -0.2) is 61.0 Å². The molecule has 3 N–H and O–H groups in total. The molecule has 1 saturated heterocycles. The van der Waals surface area contributed by atoms with Gasteiger partial charge in [0, 0.05) is 11.3 Å². The molecule has 28 heavy (non-hydrogen) atoms. The molecule has 2 aromatic rings. The van der Waals surface area contributed by atoms with Gasteiger partial charge in [-0.1, -0.05) is 23.1 Å². The van der Waals surface area contributed by atoms with Crippen LogP contribution in [-0.2, 0) is 16.6 Å². The van der Waals surface area contributed by atoms with Crippen LogP contribution in [0.2, 0.25) is 0 Å². The third-order valence-corrected chi connectivity index (χ3v) is 7.50. The highest BCUT2D eigenvalue weighted by Gasteiger charge is 2.57. The van der Waals surface area contributed by atoms with E-state index in [-0.39, 0.29) is 48.2 Å². The normalized spacial score (nSPS) is 22.3. The van der Waals surface area contributed by atoms with Gasteiger partial charge in [-0.05, 0) is 13.3 Å². The van der Waals surface area contributed by atoms with E-state index < -0.39 is 18.0 Å². The number of rotatable bonds is 6. The van der Waals surface area contributed by atoms with Gasteiger partial charge in [0.1, 0.15) is 11.9 Å². The number of aliphatic hydroxyl groups is 2. The SMILES string of the molecule is C[C@@H](O)[C@H]1C(=O)N2C(C(=O)O)=C(c3cn4c[n+](C)c(SCCO)c4s3)C[C@H]12.[I-]. The average Bonchev–Trinajstić information content (AvgIpc) is 3.21. The number of aliphatic hydroxyl groups excluding tert-OH is 2. The second-order valence-corrected chi connectivity index (χ2v) is 8.90. The number of nitrogens with zero attached hydrogens (tertiary/aromatic N) is 3. The van der Waals surface area contributed by atoms with Crippen molar-refractivity contribution in [2.24, 2.45) is 13.0 Å². The number of carbonyl (C=O) groups excluding carboxylic acids is 1. The van der Waals surface area contributed by atoms with Crippen LogP contribution in [0.25, 0.3) is 10.4 Å². The van der Waals surface area contributed by atoms with Crippen molar-refractivity contribution < 1.29 is 53.5 Å². The molecule has 2 aliphatic rings. The van der Waals surface area contributed by atoms with Gasteiger partial charge >= 0.3 is 5.97 Å². The molecule has 3 atom stereocenters. The topological polar surface area (TPSA) is 106 Å². The summed E-state index contributed by atoms with van der Waals surface area (Å²) in [5.74, 6) is -1.42. The van der Waals surface area contributed by atoms with Gasteiger partial charge in [0.25, 0.3) is 0 Å². The molecule has 2 aliphatic heterocycles. The quantitative estimate of drug-likeness (QED) is 0.161. The number of amides is 1. The van der Waals surface area contributed by atoms with E-state index in [1.807, 2.05) is 28.5 Å². The van der Waals surface area contributed by atoms with Crippen LogP contribution in [0.1, 0.15) is 18.2 Å². The van der Waals surface area contributed by atoms with Gasteiger partial charge < -0.3 is 44.2 Å². The third kappa shape index (κ3) is 3.16. The molecule has 2 aromatic heterocycles. The molecule has 1 amide bonds. The van der Waals surface area contributed by atoms with Crippen LogP contribution in [0.15, 0.2) is 23.2 Å². The molecular weight excluding hydrogens is 517 g/mol. The Hall–Kier alpha value is -1.15. The average molecular weight is 537 g/mol. The number of aliphatic carboxylic acids is 1. The maximum absolute atomic E-state index is 12.4. The number of β-lactam (4-membered cyclic amide) rings is 1. The number of thiazole rings is 1. The largest absolute Gasteiger partial charge is 1.00 e. The Bertz CT molecular complexity index is 983. The minimum absolute atomic E-state index is 0. The molecule has 0 aliphatic carbocycles. The Labute approximate surface area is 186 Å². The number of aromatic nitrogens is 2. The molecule has 152 valence electrons. The monoisotopic (exact) mass is 537 g/mol. The molecule has 0 saturated carbocycles. The van der Waals surface area contributed by atoms with Gasteiger partial charge in [-0.25, -0.2) is 9.36 Å². The number of imidazole rings is 1. The number of aryl methyl sites for hydroxylation is 1. The molecule has 11 heteroatoms. The Morgan fingerprint density at radius 1 is 1.50 bits per heavy atom. The second-order valence-electron chi connectivity index (χ2n) is 6.79. The molecule has 0 unspecified atom stereocenters. The lowest BCUT2D eigenvalue weighted by Gasteiger charge is -2.44. The van der Waals surface area contributed by atoms with Gasteiger partial charge in [-0.2, -0.15) is 4.40 Å². The second kappa shape index (κ2) is 7.94. The predicted molar refractivity (Wildman–Crippen MR) is 99.2 cm³/mol. The predicted octanol–water partition coefficient (Wildman–Crippen LogP) is -2.68. The molecule has 0 radical (unpaired) electrons. The fourth-order valence-electron chi connectivity index (χ4n) is 3.93. The summed E-state index contributed by atoms with van der Waals surface area (Å²) in [6, 6.07) is -0.292. The van der Waals surface area contributed by atoms with E-state index in [1.54, 1.807) is 6.92 Å². The summed E-state index contributed by atoms with van der Waals surface area (Å²) < 4.78 is 3.91. The molecule has 4 heterocycles. The zero-order valence-corrected chi connectivity index (χ0v) is 19.0. The van der Waals surface area contributed by atoms with E-state index in [4.69, 9.17) is 5.11 Å². The molecule has 0 spiro atoms. The summed E-state index contributed by atoms with van der Waals surface area (Å²) in [7, 11) is 1.93. The maximum atomic E-state index is 12.4. The number of carboxylic acid groups (broad SMARTS) is 1. The summed E-state index contributed by atoms with van der Waals surface area (Å²) >= 11 is 3.01. The first-order chi connectivity index (χ1) is 12.8. The third-order valence-electron chi connectivity index (χ3n) is 5.06. The Morgan fingerprint density at radius 2 is 2.21 bits per heavy atom. The Kier molecular flexibility index (Phi) is 6.11. The molecule has 0 aromatic carbocycles. The van der Waals surface area contributed by atoms with E-state index in [1.165, 1.54) is 28.0 Å². The Morgan fingerprint density at radius 3 is 2.82 bits per heavy atom. The Balaban J connectivity index is 0.00000225. The van der Waals surface area contributed by atoms with Crippen molar-refractivity contribution in [3.8, 4) is 0 Å². The summed E-state index contributed by atoms with van der Waals surface area (Å²) in [6.45, 7) is 1.65. The number of thioether (sulfide) groups is 1. The van der Waals surface area contributed by atoms with Crippen molar-refractivity contribution in [1.82, 2.24) is 9.30 Å². The van der Waals surface area contributed by atoms with Crippen LogP contribution in [0, 0.1) is 5.92 Å². The highest BCUT2D eigenvalue weighted by molar-refractivity contribution is 7.99. The zero-order valence-electron chi connectivity index (χ0n) is 15.2. The summed E-state index contributed by atoms with van der Waals surface area (Å²) in [4.78, 5) is 27.3. The molecule has 0 bridgehead atoms. The smallest absolute Gasteiger partial charge is 0.352 e. The van der Waals surface area contributed by atoms with E-state index in [2.05, 4.69) is 0 Å². The lowest BCUT2D eigenvalue weighted by atomic mass is 9.83. The van der Waals surface area contributed by atoms with E-state index in [9.17, 15) is 19.8 Å². The lowest BCUT2D eigenvalue weighted by molar-refractivity contribution is -0.705. The van der Waals surface area contributed by atoms with E-state index in [0.29, 0.717) is 17.7 Å². The number of hydrogen-bond donors (Lipinski definition) is 3. The van der Waals surface area contributed by atoms with E-state index in [0.717, 1.165) is 14.7 Å². The van der Waals surface area contributed by atoms with Gasteiger partial charge in [-0.15, -0.1) is 0 Å². The van der Waals surface area contributed by atoms with Crippen molar-refractivity contribution in [1.29, 1.82) is 0 Å². The summed E-state index contributed by atoms with van der Waals surface area (Å²) in [5.41, 5.74) is 0.666. The lowest BCUT2D eigenvalue weighted by Crippen LogP contribution is -3.00. The van der Waals surface area contributed by atoms with Gasteiger partial charge in [0.2, 0.25) is 22.1 Å². The number of hydrogen-bond acceptors (Lipinski definition) is 6. The zero-order chi connectivity index (χ0) is 19.5. The van der Waals surface area contributed by atoms with Crippen LogP contribution in [0.3, 0.4) is 0 Å². The van der Waals surface area contributed by atoms with Crippen molar-refractivity contribution in [2.45, 2.75) is 30.5 Å². The van der Waals surface area contributed by atoms with Crippen molar-refractivity contribution in [3.05, 3.63) is 23.1 Å². The first kappa shape index (κ1) is 21.6. The number of carboxylic acids is 1.